The first-order valence-corrected chi connectivity index (χ1v) is 10.5. The topological polar surface area (TPSA) is 62.3 Å². The molecule has 5 nitrogen and oxygen atoms in total. The van der Waals surface area contributed by atoms with Gasteiger partial charge in [-0.3, -0.25) is 9.59 Å². The normalized spacial score (nSPS) is 21.7. The summed E-state index contributed by atoms with van der Waals surface area (Å²) in [6, 6.07) is 0.437. The minimum atomic E-state index is -0.0742. The number of nitrogens with zero attached hydrogens (tertiary/aromatic N) is 2. The zero-order valence-electron chi connectivity index (χ0n) is 15.3. The van der Waals surface area contributed by atoms with Gasteiger partial charge in [-0.05, 0) is 31.6 Å². The van der Waals surface area contributed by atoms with Gasteiger partial charge in [-0.1, -0.05) is 33.1 Å². The largest absolute Gasteiger partial charge is 0.339 e. The summed E-state index contributed by atoms with van der Waals surface area (Å²) in [5, 5.41) is 5.29. The van der Waals surface area contributed by atoms with Gasteiger partial charge in [0.1, 0.15) is 0 Å². The molecule has 25 heavy (non-hydrogen) atoms. The van der Waals surface area contributed by atoms with Gasteiger partial charge < -0.3 is 10.2 Å². The van der Waals surface area contributed by atoms with Crippen molar-refractivity contribution in [2.24, 2.45) is 11.8 Å². The van der Waals surface area contributed by atoms with E-state index in [4.69, 9.17) is 0 Å². The van der Waals surface area contributed by atoms with Crippen molar-refractivity contribution < 1.29 is 9.59 Å². The van der Waals surface area contributed by atoms with Crippen molar-refractivity contribution >= 4 is 28.3 Å². The third kappa shape index (κ3) is 4.60. The fourth-order valence-electron chi connectivity index (χ4n) is 4.06. The van der Waals surface area contributed by atoms with Crippen LogP contribution in [-0.4, -0.2) is 34.3 Å². The van der Waals surface area contributed by atoms with Crippen molar-refractivity contribution in [3.8, 4) is 0 Å². The molecule has 0 radical (unpaired) electrons. The monoisotopic (exact) mass is 363 g/mol. The smallest absolute Gasteiger partial charge is 0.228 e. The summed E-state index contributed by atoms with van der Waals surface area (Å²) in [5.41, 5.74) is 0.767. The molecule has 2 heterocycles. The number of hydrogen-bond acceptors (Lipinski definition) is 4. The van der Waals surface area contributed by atoms with E-state index in [1.54, 1.807) is 0 Å². The molecule has 1 saturated heterocycles. The fraction of sp³-hybridized carbons (Fsp3) is 0.737. The molecule has 2 aliphatic rings. The first-order chi connectivity index (χ1) is 12.0. The Hall–Kier alpha value is -1.43. The first-order valence-electron chi connectivity index (χ1n) is 9.59. The Morgan fingerprint density at radius 2 is 2.00 bits per heavy atom. The zero-order chi connectivity index (χ0) is 17.8. The average Bonchev–Trinajstić information content (AvgIpc) is 3.25. The summed E-state index contributed by atoms with van der Waals surface area (Å²) in [6.45, 7) is 4.60. The van der Waals surface area contributed by atoms with Crippen molar-refractivity contribution in [3.63, 3.8) is 0 Å². The van der Waals surface area contributed by atoms with Crippen LogP contribution in [0.3, 0.4) is 0 Å². The zero-order valence-corrected chi connectivity index (χ0v) is 16.1. The molecular weight excluding hydrogens is 334 g/mol. The quantitative estimate of drug-likeness (QED) is 0.864. The van der Waals surface area contributed by atoms with Gasteiger partial charge in [0.25, 0.3) is 0 Å². The molecule has 0 bridgehead atoms. The lowest BCUT2D eigenvalue weighted by molar-refractivity contribution is -0.132. The van der Waals surface area contributed by atoms with Gasteiger partial charge in [0.05, 0.1) is 12.1 Å². The Bertz CT molecular complexity index is 608. The van der Waals surface area contributed by atoms with E-state index in [-0.39, 0.29) is 17.7 Å². The Balaban J connectivity index is 1.58. The molecule has 0 aromatic carbocycles. The highest BCUT2D eigenvalue weighted by molar-refractivity contribution is 7.13. The lowest BCUT2D eigenvalue weighted by Gasteiger charge is -2.34. The summed E-state index contributed by atoms with van der Waals surface area (Å²) in [6.07, 6.45) is 9.15. The number of thiazole rings is 1. The van der Waals surface area contributed by atoms with Crippen molar-refractivity contribution in [3.05, 3.63) is 11.1 Å². The molecule has 1 saturated carbocycles. The summed E-state index contributed by atoms with van der Waals surface area (Å²) in [4.78, 5) is 31.1. The molecule has 1 unspecified atom stereocenters. The molecule has 2 fully saturated rings. The Kier molecular flexibility index (Phi) is 6.10. The second kappa shape index (κ2) is 8.30. The highest BCUT2D eigenvalue weighted by atomic mass is 32.1. The van der Waals surface area contributed by atoms with Crippen LogP contribution in [0.2, 0.25) is 0 Å². The molecule has 1 aliphatic heterocycles. The number of hydrogen-bond donors (Lipinski definition) is 1. The van der Waals surface area contributed by atoms with Crippen LogP contribution in [0, 0.1) is 11.8 Å². The van der Waals surface area contributed by atoms with Crippen LogP contribution in [0.25, 0.3) is 0 Å². The molecule has 2 amide bonds. The van der Waals surface area contributed by atoms with Crippen molar-refractivity contribution in [1.29, 1.82) is 0 Å². The molecule has 6 heteroatoms. The van der Waals surface area contributed by atoms with Crippen LogP contribution in [0.15, 0.2) is 5.38 Å². The van der Waals surface area contributed by atoms with E-state index in [1.807, 2.05) is 19.2 Å². The molecule has 1 aromatic heterocycles. The van der Waals surface area contributed by atoms with Gasteiger partial charge in [-0.2, -0.15) is 0 Å². The second-order valence-electron chi connectivity index (χ2n) is 7.66. The van der Waals surface area contributed by atoms with Crippen molar-refractivity contribution in [1.82, 2.24) is 9.88 Å². The standard InChI is InChI=1S/C19H29N3O2S/c1-13(2)18(24)21-19-20-15(12-25-19)11-17(23)22-10-6-9-16(22)14-7-4-3-5-8-14/h12-14,16H,3-11H2,1-2H3,(H,20,21,24). The number of carbonyl (C=O) groups excluding carboxylic acids is 2. The number of amides is 2. The number of nitrogens with one attached hydrogen (secondary N) is 1. The molecule has 1 aromatic rings. The van der Waals surface area contributed by atoms with Gasteiger partial charge in [-0.25, -0.2) is 4.98 Å². The maximum atomic E-state index is 12.8. The molecule has 1 atom stereocenters. The lowest BCUT2D eigenvalue weighted by Crippen LogP contribution is -2.41. The van der Waals surface area contributed by atoms with Crippen LogP contribution >= 0.6 is 11.3 Å². The van der Waals surface area contributed by atoms with E-state index in [9.17, 15) is 9.59 Å². The fourth-order valence-corrected chi connectivity index (χ4v) is 4.78. The Morgan fingerprint density at radius 3 is 2.72 bits per heavy atom. The highest BCUT2D eigenvalue weighted by Crippen LogP contribution is 2.34. The summed E-state index contributed by atoms with van der Waals surface area (Å²) in [7, 11) is 0. The van der Waals surface area contributed by atoms with Gasteiger partial charge in [0.2, 0.25) is 11.8 Å². The predicted octanol–water partition coefficient (Wildman–Crippen LogP) is 3.85. The molecule has 0 spiro atoms. The van der Waals surface area contributed by atoms with Crippen LogP contribution in [-0.2, 0) is 16.0 Å². The summed E-state index contributed by atoms with van der Waals surface area (Å²) in [5.74, 6) is 0.774. The van der Waals surface area contributed by atoms with Gasteiger partial charge in [0, 0.05) is 23.9 Å². The van der Waals surface area contributed by atoms with Crippen LogP contribution in [0.4, 0.5) is 5.13 Å². The number of anilines is 1. The minimum Gasteiger partial charge on any atom is -0.339 e. The maximum Gasteiger partial charge on any atom is 0.228 e. The summed E-state index contributed by atoms with van der Waals surface area (Å²) < 4.78 is 0. The van der Waals surface area contributed by atoms with Gasteiger partial charge in [0.15, 0.2) is 5.13 Å². The average molecular weight is 364 g/mol. The van der Waals surface area contributed by atoms with E-state index in [0.29, 0.717) is 23.5 Å². The van der Waals surface area contributed by atoms with E-state index in [2.05, 4.69) is 15.2 Å². The Labute approximate surface area is 154 Å². The number of carbonyl (C=O) groups is 2. The lowest BCUT2D eigenvalue weighted by atomic mass is 9.83. The van der Waals surface area contributed by atoms with Crippen LogP contribution in [0.5, 0.6) is 0 Å². The third-order valence-corrected chi connectivity index (χ3v) is 6.26. The van der Waals surface area contributed by atoms with Crippen molar-refractivity contribution in [2.45, 2.75) is 71.3 Å². The van der Waals surface area contributed by atoms with Gasteiger partial charge in [-0.15, -0.1) is 11.3 Å². The minimum absolute atomic E-state index is 0.0378. The van der Waals surface area contributed by atoms with Crippen LogP contribution < -0.4 is 5.32 Å². The molecular formula is C19H29N3O2S. The molecule has 138 valence electrons. The number of rotatable bonds is 5. The number of likely N-dealkylation sites (tertiary alicyclic amines) is 1. The maximum absolute atomic E-state index is 12.8. The highest BCUT2D eigenvalue weighted by Gasteiger charge is 2.35. The van der Waals surface area contributed by atoms with E-state index < -0.39 is 0 Å². The SMILES string of the molecule is CC(C)C(=O)Nc1nc(CC(=O)N2CCCC2C2CCCCC2)cs1. The van der Waals surface area contributed by atoms with Crippen molar-refractivity contribution in [2.75, 3.05) is 11.9 Å². The van der Waals surface area contributed by atoms with Gasteiger partial charge >= 0.3 is 0 Å². The van der Waals surface area contributed by atoms with E-state index in [1.165, 1.54) is 43.4 Å². The summed E-state index contributed by atoms with van der Waals surface area (Å²) >= 11 is 1.39. The molecule has 1 N–H and O–H groups in total. The van der Waals surface area contributed by atoms with E-state index in [0.717, 1.165) is 25.1 Å². The predicted molar refractivity (Wildman–Crippen MR) is 101 cm³/mol. The van der Waals surface area contributed by atoms with Crippen LogP contribution in [0.1, 0.15) is 64.5 Å². The second-order valence-corrected chi connectivity index (χ2v) is 8.52. The first kappa shape index (κ1) is 18.4. The molecule has 3 rings (SSSR count). The molecule has 1 aliphatic carbocycles. The number of aromatic nitrogens is 1. The Morgan fingerprint density at radius 1 is 1.24 bits per heavy atom. The third-order valence-electron chi connectivity index (χ3n) is 5.45. The van der Waals surface area contributed by atoms with E-state index >= 15 is 0 Å².